The SMILES string of the molecule is C=CCc1c(C)cc(-c2noc(-c3cc(-c4ccccc4)n(CC)n3)n2)cc1C. The summed E-state index contributed by atoms with van der Waals surface area (Å²) in [5, 5.41) is 8.87. The second-order valence-corrected chi connectivity index (χ2v) is 7.10. The number of allylic oxidation sites excluding steroid dienone is 1. The van der Waals surface area contributed by atoms with Crippen molar-refractivity contribution in [2.75, 3.05) is 0 Å². The third-order valence-corrected chi connectivity index (χ3v) is 5.10. The minimum Gasteiger partial charge on any atom is -0.332 e. The summed E-state index contributed by atoms with van der Waals surface area (Å²) in [6.07, 6.45) is 2.78. The summed E-state index contributed by atoms with van der Waals surface area (Å²) in [7, 11) is 0. The molecule has 2 aromatic carbocycles. The summed E-state index contributed by atoms with van der Waals surface area (Å²) in [4.78, 5) is 4.62. The number of aromatic nitrogens is 4. The van der Waals surface area contributed by atoms with Gasteiger partial charge in [0.15, 0.2) is 5.69 Å². The zero-order chi connectivity index (χ0) is 20.4. The second-order valence-electron chi connectivity index (χ2n) is 7.10. The quantitative estimate of drug-likeness (QED) is 0.404. The third kappa shape index (κ3) is 3.63. The first-order chi connectivity index (χ1) is 14.1. The van der Waals surface area contributed by atoms with Crippen molar-refractivity contribution in [2.45, 2.75) is 33.7 Å². The van der Waals surface area contributed by atoms with Crippen LogP contribution in [0.15, 0.2) is 65.7 Å². The molecule has 0 aliphatic rings. The highest BCUT2D eigenvalue weighted by Gasteiger charge is 2.17. The first-order valence-electron chi connectivity index (χ1n) is 9.79. The average molecular weight is 384 g/mol. The lowest BCUT2D eigenvalue weighted by molar-refractivity contribution is 0.430. The fourth-order valence-corrected chi connectivity index (χ4v) is 3.64. The monoisotopic (exact) mass is 384 g/mol. The molecule has 2 heterocycles. The molecule has 0 amide bonds. The lowest BCUT2D eigenvalue weighted by Gasteiger charge is -2.09. The zero-order valence-electron chi connectivity index (χ0n) is 17.0. The van der Waals surface area contributed by atoms with Crippen molar-refractivity contribution >= 4 is 0 Å². The van der Waals surface area contributed by atoms with Crippen molar-refractivity contribution < 1.29 is 4.52 Å². The molecule has 0 N–H and O–H groups in total. The first kappa shape index (κ1) is 18.9. The predicted molar refractivity (Wildman–Crippen MR) is 115 cm³/mol. The number of hydrogen-bond acceptors (Lipinski definition) is 4. The highest BCUT2D eigenvalue weighted by atomic mass is 16.5. The normalized spacial score (nSPS) is 11.0. The average Bonchev–Trinajstić information content (AvgIpc) is 3.38. The summed E-state index contributed by atoms with van der Waals surface area (Å²) in [6, 6.07) is 16.4. The largest absolute Gasteiger partial charge is 0.332 e. The molecule has 4 aromatic rings. The smallest absolute Gasteiger partial charge is 0.278 e. The van der Waals surface area contributed by atoms with Crippen LogP contribution in [-0.4, -0.2) is 19.9 Å². The highest BCUT2D eigenvalue weighted by Crippen LogP contribution is 2.28. The molecule has 0 spiro atoms. The van der Waals surface area contributed by atoms with Gasteiger partial charge in [0.1, 0.15) is 0 Å². The van der Waals surface area contributed by atoms with Gasteiger partial charge in [0.05, 0.1) is 5.69 Å². The maximum atomic E-state index is 5.56. The van der Waals surface area contributed by atoms with Crippen molar-refractivity contribution in [2.24, 2.45) is 0 Å². The van der Waals surface area contributed by atoms with E-state index in [1.54, 1.807) is 0 Å². The van der Waals surface area contributed by atoms with E-state index in [2.05, 4.69) is 66.9 Å². The summed E-state index contributed by atoms with van der Waals surface area (Å²) in [6.45, 7) is 10.9. The number of aryl methyl sites for hydroxylation is 3. The molecule has 0 aliphatic heterocycles. The highest BCUT2D eigenvalue weighted by molar-refractivity contribution is 5.66. The molecular weight excluding hydrogens is 360 g/mol. The van der Waals surface area contributed by atoms with Crippen LogP contribution in [0.2, 0.25) is 0 Å². The number of rotatable bonds is 6. The van der Waals surface area contributed by atoms with Gasteiger partial charge in [0, 0.05) is 12.1 Å². The zero-order valence-corrected chi connectivity index (χ0v) is 17.0. The molecular formula is C24H24N4O. The van der Waals surface area contributed by atoms with E-state index in [0.717, 1.165) is 29.8 Å². The molecule has 0 saturated heterocycles. The molecule has 0 bridgehead atoms. The van der Waals surface area contributed by atoms with Crippen molar-refractivity contribution in [1.82, 2.24) is 19.9 Å². The van der Waals surface area contributed by atoms with Crippen LogP contribution in [0.3, 0.4) is 0 Å². The van der Waals surface area contributed by atoms with Crippen LogP contribution in [-0.2, 0) is 13.0 Å². The Hall–Kier alpha value is -3.47. The van der Waals surface area contributed by atoms with Gasteiger partial charge in [0.2, 0.25) is 5.82 Å². The Labute approximate surface area is 170 Å². The van der Waals surface area contributed by atoms with Crippen LogP contribution in [0.5, 0.6) is 0 Å². The van der Waals surface area contributed by atoms with Gasteiger partial charge < -0.3 is 4.52 Å². The van der Waals surface area contributed by atoms with E-state index in [-0.39, 0.29) is 0 Å². The van der Waals surface area contributed by atoms with Crippen LogP contribution in [0.1, 0.15) is 23.6 Å². The van der Waals surface area contributed by atoms with Crippen LogP contribution >= 0.6 is 0 Å². The molecule has 0 fully saturated rings. The minimum atomic E-state index is 0.426. The summed E-state index contributed by atoms with van der Waals surface area (Å²) < 4.78 is 7.51. The lowest BCUT2D eigenvalue weighted by Crippen LogP contribution is -1.99. The van der Waals surface area contributed by atoms with E-state index < -0.39 is 0 Å². The fraction of sp³-hybridized carbons (Fsp3) is 0.208. The Morgan fingerprint density at radius 2 is 1.76 bits per heavy atom. The molecule has 2 aromatic heterocycles. The molecule has 0 atom stereocenters. The molecule has 0 radical (unpaired) electrons. The Morgan fingerprint density at radius 3 is 2.41 bits per heavy atom. The lowest BCUT2D eigenvalue weighted by atomic mass is 9.97. The van der Waals surface area contributed by atoms with Crippen LogP contribution < -0.4 is 0 Å². The Bertz CT molecular complexity index is 1130. The predicted octanol–water partition coefficient (Wildman–Crippen LogP) is 5.63. The maximum absolute atomic E-state index is 5.56. The molecule has 0 unspecified atom stereocenters. The Morgan fingerprint density at radius 1 is 1.03 bits per heavy atom. The number of benzene rings is 2. The second kappa shape index (κ2) is 7.87. The molecule has 5 nitrogen and oxygen atoms in total. The summed E-state index contributed by atoms with van der Waals surface area (Å²) in [5.41, 5.74) is 7.46. The van der Waals surface area contributed by atoms with Crippen LogP contribution in [0.25, 0.3) is 34.2 Å². The summed E-state index contributed by atoms with van der Waals surface area (Å²) >= 11 is 0. The van der Waals surface area contributed by atoms with Gasteiger partial charge in [-0.25, -0.2) is 0 Å². The van der Waals surface area contributed by atoms with Gasteiger partial charge in [-0.05, 0) is 67.6 Å². The van der Waals surface area contributed by atoms with Gasteiger partial charge in [-0.2, -0.15) is 10.1 Å². The maximum Gasteiger partial charge on any atom is 0.278 e. The molecule has 29 heavy (non-hydrogen) atoms. The summed E-state index contributed by atoms with van der Waals surface area (Å²) in [5.74, 6) is 0.999. The standard InChI is InChI=1S/C24H24N4O/c1-5-10-20-16(3)13-19(14-17(20)4)23-25-24(29-27-23)21-15-22(28(6-2)26-21)18-11-8-7-9-12-18/h5,7-9,11-15H,1,6,10H2,2-4H3. The topological polar surface area (TPSA) is 56.7 Å². The third-order valence-electron chi connectivity index (χ3n) is 5.10. The van der Waals surface area contributed by atoms with Gasteiger partial charge >= 0.3 is 0 Å². The van der Waals surface area contributed by atoms with E-state index in [9.17, 15) is 0 Å². The molecule has 0 saturated carbocycles. The van der Waals surface area contributed by atoms with Gasteiger partial charge in [0.25, 0.3) is 5.89 Å². The Balaban J connectivity index is 1.70. The molecule has 4 rings (SSSR count). The van der Waals surface area contributed by atoms with Crippen molar-refractivity contribution in [3.05, 3.63) is 77.9 Å². The molecule has 0 aliphatic carbocycles. The van der Waals surface area contributed by atoms with Gasteiger partial charge in [-0.3, -0.25) is 4.68 Å². The van der Waals surface area contributed by atoms with E-state index in [0.29, 0.717) is 17.4 Å². The van der Waals surface area contributed by atoms with Gasteiger partial charge in [-0.1, -0.05) is 41.6 Å². The van der Waals surface area contributed by atoms with Crippen LogP contribution in [0.4, 0.5) is 0 Å². The molecule has 5 heteroatoms. The minimum absolute atomic E-state index is 0.426. The first-order valence-corrected chi connectivity index (χ1v) is 9.79. The Kier molecular flexibility index (Phi) is 5.12. The van der Waals surface area contributed by atoms with Crippen molar-refractivity contribution in [3.63, 3.8) is 0 Å². The fourth-order valence-electron chi connectivity index (χ4n) is 3.64. The van der Waals surface area contributed by atoms with E-state index in [4.69, 9.17) is 4.52 Å². The number of hydrogen-bond donors (Lipinski definition) is 0. The van der Waals surface area contributed by atoms with E-state index in [1.807, 2.05) is 35.0 Å². The van der Waals surface area contributed by atoms with E-state index >= 15 is 0 Å². The van der Waals surface area contributed by atoms with Crippen LogP contribution in [0, 0.1) is 13.8 Å². The van der Waals surface area contributed by atoms with Crippen molar-refractivity contribution in [1.29, 1.82) is 0 Å². The van der Waals surface area contributed by atoms with E-state index in [1.165, 1.54) is 16.7 Å². The van der Waals surface area contributed by atoms with Crippen molar-refractivity contribution in [3.8, 4) is 34.2 Å². The number of nitrogens with zero attached hydrogens (tertiary/aromatic N) is 4. The van der Waals surface area contributed by atoms with Gasteiger partial charge in [-0.15, -0.1) is 6.58 Å². The molecule has 146 valence electrons.